The van der Waals surface area contributed by atoms with Crippen molar-refractivity contribution in [2.45, 2.75) is 19.9 Å². The van der Waals surface area contributed by atoms with Gasteiger partial charge >= 0.3 is 11.7 Å². The number of rotatable bonds is 3. The zero-order valence-corrected chi connectivity index (χ0v) is 15.2. The monoisotopic (exact) mass is 355 g/mol. The first-order chi connectivity index (χ1) is 12.4. The topological polar surface area (TPSA) is 73.5 Å². The summed E-state index contributed by atoms with van der Waals surface area (Å²) in [6.07, 6.45) is 3.38. The number of anilines is 1. The zero-order valence-electron chi connectivity index (χ0n) is 15.2. The minimum atomic E-state index is -0.955. The maximum Gasteiger partial charge on any atom is 0.334 e. The van der Waals surface area contributed by atoms with Crippen molar-refractivity contribution in [3.05, 3.63) is 68.1 Å². The van der Waals surface area contributed by atoms with E-state index in [1.54, 1.807) is 31.1 Å². The van der Waals surface area contributed by atoms with Crippen molar-refractivity contribution < 1.29 is 9.53 Å². The van der Waals surface area contributed by atoms with Crippen LogP contribution in [-0.4, -0.2) is 21.7 Å². The van der Waals surface area contributed by atoms with E-state index in [9.17, 15) is 14.4 Å². The highest BCUT2D eigenvalue weighted by molar-refractivity contribution is 5.86. The van der Waals surface area contributed by atoms with E-state index in [0.717, 1.165) is 15.8 Å². The fraction of sp³-hybridized carbons (Fsp3) is 0.316. The van der Waals surface area contributed by atoms with Crippen LogP contribution in [0.2, 0.25) is 0 Å². The quantitative estimate of drug-likeness (QED) is 0.780. The lowest BCUT2D eigenvalue weighted by Gasteiger charge is -2.33. The summed E-state index contributed by atoms with van der Waals surface area (Å²) in [5.74, 6) is -0.533. The third-order valence-electron chi connectivity index (χ3n) is 4.53. The molecule has 0 saturated carbocycles. The first-order valence-electron chi connectivity index (χ1n) is 8.36. The smallest absolute Gasteiger partial charge is 0.334 e. The van der Waals surface area contributed by atoms with E-state index in [4.69, 9.17) is 4.74 Å². The Hall–Kier alpha value is -3.09. The van der Waals surface area contributed by atoms with Gasteiger partial charge in [0, 0.05) is 26.0 Å². The summed E-state index contributed by atoms with van der Waals surface area (Å²) >= 11 is 0. The second-order valence-electron chi connectivity index (χ2n) is 6.22. The average Bonchev–Trinajstić information content (AvgIpc) is 2.64. The number of aryl methyl sites for hydroxylation is 1. The van der Waals surface area contributed by atoms with Crippen LogP contribution >= 0.6 is 0 Å². The highest BCUT2D eigenvalue weighted by Gasteiger charge is 2.36. The molecule has 1 aliphatic rings. The minimum Gasteiger partial charge on any atom is -0.464 e. The highest BCUT2D eigenvalue weighted by atomic mass is 16.5. The Labute approximate surface area is 150 Å². The molecule has 2 aromatic rings. The summed E-state index contributed by atoms with van der Waals surface area (Å²) in [4.78, 5) is 39.5. The molecule has 0 spiro atoms. The molecule has 0 saturated heterocycles. The number of carbonyl (C=O) groups excluding carboxylic acids is 1. The molecule has 0 amide bonds. The van der Waals surface area contributed by atoms with Crippen molar-refractivity contribution in [2.24, 2.45) is 14.1 Å². The third kappa shape index (κ3) is 2.75. The van der Waals surface area contributed by atoms with Crippen molar-refractivity contribution >= 4 is 17.7 Å². The number of hydrogen-bond donors (Lipinski definition) is 0. The van der Waals surface area contributed by atoms with E-state index < -0.39 is 23.3 Å². The number of fused-ring (bicyclic) bond motifs is 1. The molecule has 0 aliphatic carbocycles. The number of esters is 1. The fourth-order valence-electron chi connectivity index (χ4n) is 3.13. The van der Waals surface area contributed by atoms with E-state index in [-0.39, 0.29) is 12.2 Å². The van der Waals surface area contributed by atoms with Gasteiger partial charge in [-0.05, 0) is 32.1 Å². The van der Waals surface area contributed by atoms with Gasteiger partial charge in [0.05, 0.1) is 17.9 Å². The molecule has 26 heavy (non-hydrogen) atoms. The predicted octanol–water partition coefficient (Wildman–Crippen LogP) is 1.49. The SMILES string of the molecule is CCOC(=O)C1c2c(n(C)c(=O)n(C)c2=O)C=CN1c1ccc(C)cc1. The molecule has 1 aromatic heterocycles. The summed E-state index contributed by atoms with van der Waals surface area (Å²) in [6.45, 7) is 3.88. The Kier molecular flexibility index (Phi) is 4.54. The maximum absolute atomic E-state index is 12.8. The van der Waals surface area contributed by atoms with Crippen molar-refractivity contribution in [3.63, 3.8) is 0 Å². The maximum atomic E-state index is 12.8. The molecule has 1 unspecified atom stereocenters. The van der Waals surface area contributed by atoms with Gasteiger partial charge in [0.1, 0.15) is 0 Å². The summed E-state index contributed by atoms with van der Waals surface area (Å²) in [7, 11) is 2.98. The van der Waals surface area contributed by atoms with Crippen LogP contribution in [-0.2, 0) is 23.6 Å². The van der Waals surface area contributed by atoms with Crippen LogP contribution in [0, 0.1) is 6.92 Å². The Morgan fingerprint density at radius 1 is 1.12 bits per heavy atom. The zero-order chi connectivity index (χ0) is 19.0. The Morgan fingerprint density at radius 2 is 1.77 bits per heavy atom. The predicted molar refractivity (Wildman–Crippen MR) is 99.0 cm³/mol. The van der Waals surface area contributed by atoms with Crippen molar-refractivity contribution in [2.75, 3.05) is 11.5 Å². The van der Waals surface area contributed by atoms with Crippen LogP contribution in [0.25, 0.3) is 6.08 Å². The van der Waals surface area contributed by atoms with Crippen LogP contribution in [0.1, 0.15) is 29.8 Å². The number of aromatic nitrogens is 2. The fourth-order valence-corrected chi connectivity index (χ4v) is 3.13. The molecule has 7 heteroatoms. The Bertz CT molecular complexity index is 999. The van der Waals surface area contributed by atoms with Gasteiger partial charge in [-0.25, -0.2) is 9.59 Å². The van der Waals surface area contributed by atoms with Crippen LogP contribution in [0.3, 0.4) is 0 Å². The molecule has 2 heterocycles. The molecule has 3 rings (SSSR count). The summed E-state index contributed by atoms with van der Waals surface area (Å²) < 4.78 is 7.61. The Morgan fingerprint density at radius 3 is 2.38 bits per heavy atom. The van der Waals surface area contributed by atoms with E-state index >= 15 is 0 Å². The molecule has 0 radical (unpaired) electrons. The van der Waals surface area contributed by atoms with E-state index in [1.165, 1.54) is 11.6 Å². The van der Waals surface area contributed by atoms with Crippen molar-refractivity contribution in [3.8, 4) is 0 Å². The first kappa shape index (κ1) is 17.7. The van der Waals surface area contributed by atoms with Gasteiger partial charge in [0.2, 0.25) is 0 Å². The van der Waals surface area contributed by atoms with Gasteiger partial charge in [0.15, 0.2) is 6.04 Å². The number of benzene rings is 1. The lowest BCUT2D eigenvalue weighted by atomic mass is 10.00. The van der Waals surface area contributed by atoms with Crippen molar-refractivity contribution in [1.29, 1.82) is 0 Å². The van der Waals surface area contributed by atoms with Gasteiger partial charge in [0.25, 0.3) is 5.56 Å². The summed E-state index contributed by atoms with van der Waals surface area (Å²) in [5.41, 5.74) is 1.55. The van der Waals surface area contributed by atoms with E-state index in [0.29, 0.717) is 5.69 Å². The molecular formula is C19H21N3O4. The standard InChI is InChI=1S/C19H21N3O4/c1-5-26-18(24)16-15-14(20(3)19(25)21(4)17(15)23)10-11-22(16)13-8-6-12(2)7-9-13/h6-11,16H,5H2,1-4H3. The van der Waals surface area contributed by atoms with E-state index in [2.05, 4.69) is 0 Å². The average molecular weight is 355 g/mol. The number of hydrogen-bond acceptors (Lipinski definition) is 5. The van der Waals surface area contributed by atoms with Crippen molar-refractivity contribution in [1.82, 2.24) is 9.13 Å². The van der Waals surface area contributed by atoms with Crippen LogP contribution < -0.4 is 16.1 Å². The molecule has 0 bridgehead atoms. The molecule has 136 valence electrons. The summed E-state index contributed by atoms with van der Waals surface area (Å²) in [6, 6.07) is 6.66. The molecule has 0 fully saturated rings. The highest BCUT2D eigenvalue weighted by Crippen LogP contribution is 2.33. The molecule has 1 atom stereocenters. The molecular weight excluding hydrogens is 334 g/mol. The molecule has 1 aromatic carbocycles. The third-order valence-corrected chi connectivity index (χ3v) is 4.53. The molecule has 7 nitrogen and oxygen atoms in total. The number of ether oxygens (including phenoxy) is 1. The number of carbonyl (C=O) groups is 1. The van der Waals surface area contributed by atoms with Gasteiger partial charge in [-0.15, -0.1) is 0 Å². The lowest BCUT2D eigenvalue weighted by molar-refractivity contribution is -0.144. The van der Waals surface area contributed by atoms with Gasteiger partial charge < -0.3 is 9.64 Å². The normalized spacial score (nSPS) is 15.7. The largest absolute Gasteiger partial charge is 0.464 e. The van der Waals surface area contributed by atoms with Crippen LogP contribution in [0.5, 0.6) is 0 Å². The van der Waals surface area contributed by atoms with Gasteiger partial charge in [-0.3, -0.25) is 13.9 Å². The molecule has 1 aliphatic heterocycles. The van der Waals surface area contributed by atoms with Gasteiger partial charge in [-0.2, -0.15) is 0 Å². The molecule has 0 N–H and O–H groups in total. The lowest BCUT2D eigenvalue weighted by Crippen LogP contribution is -2.46. The van der Waals surface area contributed by atoms with E-state index in [1.807, 2.05) is 31.2 Å². The Balaban J connectivity index is 2.26. The van der Waals surface area contributed by atoms with Crippen LogP contribution in [0.4, 0.5) is 5.69 Å². The van der Waals surface area contributed by atoms with Gasteiger partial charge in [-0.1, -0.05) is 17.7 Å². The minimum absolute atomic E-state index is 0.197. The first-order valence-corrected chi connectivity index (χ1v) is 8.36. The second kappa shape index (κ2) is 6.67. The number of nitrogens with zero attached hydrogens (tertiary/aromatic N) is 3. The second-order valence-corrected chi connectivity index (χ2v) is 6.22. The summed E-state index contributed by atoms with van der Waals surface area (Å²) in [5, 5.41) is 0. The van der Waals surface area contributed by atoms with Crippen LogP contribution in [0.15, 0.2) is 40.1 Å².